The number of nitrogens with zero attached hydrogens (tertiary/aromatic N) is 2. The van der Waals surface area contributed by atoms with Gasteiger partial charge in [-0.2, -0.15) is 0 Å². The molecule has 134 valence electrons. The summed E-state index contributed by atoms with van der Waals surface area (Å²) in [7, 11) is 0. The Kier molecular flexibility index (Phi) is 4.66. The second kappa shape index (κ2) is 6.91. The molecule has 0 saturated heterocycles. The van der Waals surface area contributed by atoms with E-state index in [1.165, 1.54) is 12.3 Å². The van der Waals surface area contributed by atoms with Crippen molar-refractivity contribution < 1.29 is 18.1 Å². The van der Waals surface area contributed by atoms with Crippen LogP contribution in [0.25, 0.3) is 5.69 Å². The minimum Gasteiger partial charge on any atom is -0.361 e. The van der Waals surface area contributed by atoms with Crippen LogP contribution < -0.4 is 10.9 Å². The van der Waals surface area contributed by atoms with Gasteiger partial charge < -0.3 is 9.84 Å². The van der Waals surface area contributed by atoms with E-state index in [9.17, 15) is 18.4 Å². The van der Waals surface area contributed by atoms with E-state index in [1.54, 1.807) is 19.9 Å². The van der Waals surface area contributed by atoms with Crippen molar-refractivity contribution in [2.75, 3.05) is 0 Å². The number of rotatable bonds is 4. The molecule has 0 aliphatic rings. The first-order valence-electron chi connectivity index (χ1n) is 7.75. The molecule has 3 aromatic rings. The van der Waals surface area contributed by atoms with E-state index in [4.69, 9.17) is 4.52 Å². The SMILES string of the molecule is Cc1cc(CNC(=O)c2c(C)ccn(-c3cc(F)ccc3F)c2=O)no1. The Morgan fingerprint density at radius 1 is 1.23 bits per heavy atom. The number of benzene rings is 1. The summed E-state index contributed by atoms with van der Waals surface area (Å²) in [6.07, 6.45) is 1.30. The fourth-order valence-electron chi connectivity index (χ4n) is 2.52. The quantitative estimate of drug-likeness (QED) is 0.777. The topological polar surface area (TPSA) is 77.1 Å². The molecule has 8 heteroatoms. The highest BCUT2D eigenvalue weighted by atomic mass is 19.1. The predicted molar refractivity (Wildman–Crippen MR) is 89.1 cm³/mol. The van der Waals surface area contributed by atoms with E-state index in [-0.39, 0.29) is 17.8 Å². The number of hydrogen-bond donors (Lipinski definition) is 1. The summed E-state index contributed by atoms with van der Waals surface area (Å²) in [6.45, 7) is 3.37. The van der Waals surface area contributed by atoms with Crippen LogP contribution >= 0.6 is 0 Å². The van der Waals surface area contributed by atoms with E-state index in [0.717, 1.165) is 22.8 Å². The Bertz CT molecular complexity index is 1040. The molecule has 0 fully saturated rings. The Morgan fingerprint density at radius 2 is 2.00 bits per heavy atom. The number of hydrogen-bond acceptors (Lipinski definition) is 4. The van der Waals surface area contributed by atoms with E-state index in [1.807, 2.05) is 0 Å². The van der Waals surface area contributed by atoms with Crippen molar-refractivity contribution in [1.82, 2.24) is 15.0 Å². The van der Waals surface area contributed by atoms with Crippen molar-refractivity contribution >= 4 is 5.91 Å². The smallest absolute Gasteiger partial charge is 0.268 e. The number of aryl methyl sites for hydroxylation is 2. The Balaban J connectivity index is 1.96. The van der Waals surface area contributed by atoms with E-state index < -0.39 is 23.1 Å². The van der Waals surface area contributed by atoms with Crippen LogP contribution in [-0.4, -0.2) is 15.6 Å². The standard InChI is InChI=1S/C18H15F2N3O3/c1-10-5-6-23(15-8-12(19)3-4-14(15)20)18(25)16(10)17(24)21-9-13-7-11(2)26-22-13/h3-8H,9H2,1-2H3,(H,21,24). The third-order valence-electron chi connectivity index (χ3n) is 3.80. The van der Waals surface area contributed by atoms with Crippen molar-refractivity contribution in [3.05, 3.63) is 81.1 Å². The molecule has 6 nitrogen and oxygen atoms in total. The predicted octanol–water partition coefficient (Wildman–Crippen LogP) is 2.65. The minimum atomic E-state index is -0.776. The van der Waals surface area contributed by atoms with Gasteiger partial charge >= 0.3 is 0 Å². The van der Waals surface area contributed by atoms with Gasteiger partial charge in [-0.15, -0.1) is 0 Å². The van der Waals surface area contributed by atoms with Crippen LogP contribution in [0.2, 0.25) is 0 Å². The highest BCUT2D eigenvalue weighted by molar-refractivity contribution is 5.95. The van der Waals surface area contributed by atoms with Crippen molar-refractivity contribution in [1.29, 1.82) is 0 Å². The average Bonchev–Trinajstić information content (AvgIpc) is 3.01. The second-order valence-corrected chi connectivity index (χ2v) is 5.76. The third-order valence-corrected chi connectivity index (χ3v) is 3.80. The van der Waals surface area contributed by atoms with Gasteiger partial charge in [-0.05, 0) is 37.6 Å². The van der Waals surface area contributed by atoms with Crippen LogP contribution in [0.3, 0.4) is 0 Å². The molecular formula is C18H15F2N3O3. The number of nitrogens with one attached hydrogen (secondary N) is 1. The van der Waals surface area contributed by atoms with Gasteiger partial charge in [0.1, 0.15) is 28.7 Å². The van der Waals surface area contributed by atoms with Crippen LogP contribution in [0, 0.1) is 25.5 Å². The summed E-state index contributed by atoms with van der Waals surface area (Å²) in [5.41, 5.74) is -0.256. The number of amides is 1. The molecule has 0 atom stereocenters. The molecule has 0 bridgehead atoms. The molecule has 3 rings (SSSR count). The summed E-state index contributed by atoms with van der Waals surface area (Å²) < 4.78 is 33.2. The second-order valence-electron chi connectivity index (χ2n) is 5.76. The van der Waals surface area contributed by atoms with Crippen molar-refractivity contribution in [3.63, 3.8) is 0 Å². The highest BCUT2D eigenvalue weighted by Gasteiger charge is 2.18. The molecule has 0 radical (unpaired) electrons. The lowest BCUT2D eigenvalue weighted by Gasteiger charge is -2.11. The highest BCUT2D eigenvalue weighted by Crippen LogP contribution is 2.14. The van der Waals surface area contributed by atoms with Gasteiger partial charge in [-0.1, -0.05) is 5.16 Å². The average molecular weight is 359 g/mol. The van der Waals surface area contributed by atoms with E-state index in [0.29, 0.717) is 17.0 Å². The molecular weight excluding hydrogens is 344 g/mol. The molecule has 0 aliphatic carbocycles. The first-order valence-corrected chi connectivity index (χ1v) is 7.75. The van der Waals surface area contributed by atoms with Gasteiger partial charge in [0.25, 0.3) is 11.5 Å². The molecule has 1 N–H and O–H groups in total. The Labute approximate surface area is 147 Å². The van der Waals surface area contributed by atoms with Crippen molar-refractivity contribution in [3.8, 4) is 5.69 Å². The Hall–Kier alpha value is -3.29. The number of carbonyl (C=O) groups excluding carboxylic acids is 1. The fraction of sp³-hybridized carbons (Fsp3) is 0.167. The van der Waals surface area contributed by atoms with Gasteiger partial charge in [0, 0.05) is 18.3 Å². The van der Waals surface area contributed by atoms with Crippen LogP contribution in [0.15, 0.2) is 45.8 Å². The molecule has 0 unspecified atom stereocenters. The largest absolute Gasteiger partial charge is 0.361 e. The summed E-state index contributed by atoms with van der Waals surface area (Å²) in [4.78, 5) is 25.1. The first-order chi connectivity index (χ1) is 12.4. The van der Waals surface area contributed by atoms with Crippen molar-refractivity contribution in [2.45, 2.75) is 20.4 Å². The zero-order chi connectivity index (χ0) is 18.8. The first kappa shape index (κ1) is 17.5. The van der Waals surface area contributed by atoms with Gasteiger partial charge in [0.2, 0.25) is 0 Å². The maximum atomic E-state index is 14.0. The van der Waals surface area contributed by atoms with Gasteiger partial charge in [-0.25, -0.2) is 8.78 Å². The molecule has 2 aromatic heterocycles. The molecule has 1 amide bonds. The monoisotopic (exact) mass is 359 g/mol. The molecule has 26 heavy (non-hydrogen) atoms. The molecule has 2 heterocycles. The van der Waals surface area contributed by atoms with E-state index in [2.05, 4.69) is 10.5 Å². The Morgan fingerprint density at radius 3 is 2.69 bits per heavy atom. The van der Waals surface area contributed by atoms with Crippen LogP contribution in [-0.2, 0) is 6.54 Å². The van der Waals surface area contributed by atoms with Crippen LogP contribution in [0.5, 0.6) is 0 Å². The minimum absolute atomic E-state index is 0.0677. The fourth-order valence-corrected chi connectivity index (χ4v) is 2.52. The summed E-state index contributed by atoms with van der Waals surface area (Å²) in [5.74, 6) is -1.52. The number of pyridine rings is 1. The zero-order valence-corrected chi connectivity index (χ0v) is 14.0. The lowest BCUT2D eigenvalue weighted by atomic mass is 10.1. The van der Waals surface area contributed by atoms with Crippen LogP contribution in [0.4, 0.5) is 8.78 Å². The molecule has 1 aromatic carbocycles. The van der Waals surface area contributed by atoms with E-state index >= 15 is 0 Å². The van der Waals surface area contributed by atoms with Gasteiger partial charge in [0.15, 0.2) is 0 Å². The molecule has 0 aliphatic heterocycles. The summed E-state index contributed by atoms with van der Waals surface area (Å²) in [6, 6.07) is 5.90. The third kappa shape index (κ3) is 3.39. The van der Waals surface area contributed by atoms with Crippen molar-refractivity contribution in [2.24, 2.45) is 0 Å². The number of carbonyl (C=O) groups is 1. The molecule has 0 spiro atoms. The zero-order valence-electron chi connectivity index (χ0n) is 14.0. The number of aromatic nitrogens is 2. The normalized spacial score (nSPS) is 10.8. The molecule has 0 saturated carbocycles. The number of halogens is 2. The lowest BCUT2D eigenvalue weighted by molar-refractivity contribution is 0.0947. The van der Waals surface area contributed by atoms with Gasteiger partial charge in [0.05, 0.1) is 12.2 Å². The summed E-state index contributed by atoms with van der Waals surface area (Å²) in [5, 5.41) is 6.32. The maximum Gasteiger partial charge on any atom is 0.268 e. The van der Waals surface area contributed by atoms with Gasteiger partial charge in [-0.3, -0.25) is 14.2 Å². The van der Waals surface area contributed by atoms with Crippen LogP contribution in [0.1, 0.15) is 27.4 Å². The maximum absolute atomic E-state index is 14.0. The summed E-state index contributed by atoms with van der Waals surface area (Å²) >= 11 is 0. The lowest BCUT2D eigenvalue weighted by Crippen LogP contribution is -2.33.